The first-order chi connectivity index (χ1) is 11.6. The molecule has 1 aromatic carbocycles. The Morgan fingerprint density at radius 3 is 2.92 bits per heavy atom. The highest BCUT2D eigenvalue weighted by Gasteiger charge is 2.26. The zero-order valence-electron chi connectivity index (χ0n) is 15.0. The summed E-state index contributed by atoms with van der Waals surface area (Å²) in [5.74, 6) is 1.89. The number of halogens is 1. The van der Waals surface area contributed by atoms with Crippen LogP contribution in [0.15, 0.2) is 12.1 Å². The molecule has 3 unspecified atom stereocenters. The molecule has 3 rings (SSSR count). The van der Waals surface area contributed by atoms with Crippen LogP contribution in [-0.2, 0) is 17.8 Å². The van der Waals surface area contributed by atoms with E-state index in [2.05, 4.69) is 18.3 Å². The molecule has 3 N–H and O–H groups in total. The average molecular weight is 369 g/mol. The molecule has 2 aliphatic rings. The predicted octanol–water partition coefficient (Wildman–Crippen LogP) is 2.96. The third-order valence-corrected chi connectivity index (χ3v) is 4.92. The zero-order valence-corrected chi connectivity index (χ0v) is 15.9. The monoisotopic (exact) mass is 368 g/mol. The Kier molecular flexibility index (Phi) is 6.96. The van der Waals surface area contributed by atoms with Crippen molar-refractivity contribution in [1.29, 1.82) is 0 Å². The number of amides is 1. The van der Waals surface area contributed by atoms with Crippen LogP contribution in [0.5, 0.6) is 11.5 Å². The van der Waals surface area contributed by atoms with Crippen LogP contribution in [0.25, 0.3) is 0 Å². The first-order valence-electron chi connectivity index (χ1n) is 9.05. The highest BCUT2D eigenvalue weighted by atomic mass is 35.5. The summed E-state index contributed by atoms with van der Waals surface area (Å²) >= 11 is 0. The summed E-state index contributed by atoms with van der Waals surface area (Å²) in [7, 11) is 0. The molecular weight excluding hydrogens is 340 g/mol. The van der Waals surface area contributed by atoms with Crippen molar-refractivity contribution in [3.63, 3.8) is 0 Å². The van der Waals surface area contributed by atoms with E-state index in [1.54, 1.807) is 0 Å². The summed E-state index contributed by atoms with van der Waals surface area (Å²) in [4.78, 5) is 12.4. The van der Waals surface area contributed by atoms with Crippen LogP contribution in [0.2, 0.25) is 0 Å². The molecule has 140 valence electrons. The molecule has 3 atom stereocenters. The number of hydrogen-bond acceptors (Lipinski definition) is 4. The summed E-state index contributed by atoms with van der Waals surface area (Å²) in [5.41, 5.74) is 8.14. The molecule has 0 radical (unpaired) electrons. The minimum atomic E-state index is 0. The molecule has 6 heteroatoms. The van der Waals surface area contributed by atoms with Gasteiger partial charge < -0.3 is 20.5 Å². The van der Waals surface area contributed by atoms with Crippen molar-refractivity contribution < 1.29 is 14.3 Å². The van der Waals surface area contributed by atoms with Gasteiger partial charge in [0.05, 0.1) is 6.61 Å². The maximum Gasteiger partial charge on any atom is 0.223 e. The highest BCUT2D eigenvalue weighted by molar-refractivity contribution is 5.85. The number of ether oxygens (including phenoxy) is 2. The highest BCUT2D eigenvalue weighted by Crippen LogP contribution is 2.35. The van der Waals surface area contributed by atoms with E-state index >= 15 is 0 Å². The van der Waals surface area contributed by atoms with Gasteiger partial charge in [-0.15, -0.1) is 12.4 Å². The minimum absolute atomic E-state index is 0. The Bertz CT molecular complexity index is 609. The number of nitrogens with two attached hydrogens (primary N) is 1. The van der Waals surface area contributed by atoms with Crippen molar-refractivity contribution in [3.8, 4) is 11.5 Å². The van der Waals surface area contributed by atoms with Crippen molar-refractivity contribution in [1.82, 2.24) is 5.32 Å². The SMILES string of the molecule is CCOc1cc2c(cc1CNC(=O)C1CCCC(N)C1)OC(C)C2.Cl. The van der Waals surface area contributed by atoms with Gasteiger partial charge in [0.1, 0.15) is 17.6 Å². The van der Waals surface area contributed by atoms with Crippen LogP contribution < -0.4 is 20.5 Å². The lowest BCUT2D eigenvalue weighted by Gasteiger charge is -2.25. The number of carbonyl (C=O) groups excluding carboxylic acids is 1. The van der Waals surface area contributed by atoms with Gasteiger partial charge in [-0.1, -0.05) is 6.42 Å². The van der Waals surface area contributed by atoms with Crippen molar-refractivity contribution in [3.05, 3.63) is 23.3 Å². The normalized spacial score (nSPS) is 24.7. The van der Waals surface area contributed by atoms with Crippen LogP contribution in [0.3, 0.4) is 0 Å². The largest absolute Gasteiger partial charge is 0.494 e. The van der Waals surface area contributed by atoms with E-state index in [1.165, 1.54) is 5.56 Å². The maximum atomic E-state index is 12.4. The Morgan fingerprint density at radius 2 is 2.20 bits per heavy atom. The molecule has 0 aromatic heterocycles. The summed E-state index contributed by atoms with van der Waals surface area (Å²) in [6.07, 6.45) is 4.88. The van der Waals surface area contributed by atoms with Gasteiger partial charge in [0.15, 0.2) is 0 Å². The van der Waals surface area contributed by atoms with Crippen molar-refractivity contribution in [2.75, 3.05) is 6.61 Å². The Labute approximate surface area is 156 Å². The summed E-state index contributed by atoms with van der Waals surface area (Å²) in [6, 6.07) is 4.22. The second kappa shape index (κ2) is 8.77. The molecule has 1 amide bonds. The zero-order chi connectivity index (χ0) is 17.1. The number of hydrogen-bond donors (Lipinski definition) is 2. The summed E-state index contributed by atoms with van der Waals surface area (Å²) < 4.78 is 11.6. The van der Waals surface area contributed by atoms with E-state index in [0.29, 0.717) is 13.2 Å². The van der Waals surface area contributed by atoms with E-state index in [4.69, 9.17) is 15.2 Å². The number of rotatable bonds is 5. The molecule has 1 fully saturated rings. The third-order valence-electron chi connectivity index (χ3n) is 4.92. The molecule has 1 saturated carbocycles. The first-order valence-corrected chi connectivity index (χ1v) is 9.05. The number of carbonyl (C=O) groups is 1. The van der Waals surface area contributed by atoms with Crippen LogP contribution in [0.1, 0.15) is 50.7 Å². The molecule has 1 aromatic rings. The van der Waals surface area contributed by atoms with Gasteiger partial charge in [-0.25, -0.2) is 0 Å². The fourth-order valence-electron chi connectivity index (χ4n) is 3.70. The average Bonchev–Trinajstić information content (AvgIpc) is 2.91. The van der Waals surface area contributed by atoms with Gasteiger partial charge >= 0.3 is 0 Å². The molecule has 5 nitrogen and oxygen atoms in total. The van der Waals surface area contributed by atoms with Gasteiger partial charge in [0.2, 0.25) is 5.91 Å². The Hall–Kier alpha value is -1.46. The smallest absolute Gasteiger partial charge is 0.223 e. The third kappa shape index (κ3) is 4.79. The standard InChI is InChI=1S/C19H28N2O3.ClH/c1-3-23-17-9-14-7-12(2)24-18(14)10-15(17)11-21-19(22)13-5-4-6-16(20)8-13;/h9-10,12-13,16H,3-8,11,20H2,1-2H3,(H,21,22);1H. The molecular formula is C19H29ClN2O3. The predicted molar refractivity (Wildman–Crippen MR) is 100 cm³/mol. The molecule has 1 aliphatic heterocycles. The van der Waals surface area contributed by atoms with Crippen molar-refractivity contribution >= 4 is 18.3 Å². The van der Waals surface area contributed by atoms with Crippen LogP contribution in [0, 0.1) is 5.92 Å². The van der Waals surface area contributed by atoms with E-state index < -0.39 is 0 Å². The van der Waals surface area contributed by atoms with Crippen LogP contribution >= 0.6 is 12.4 Å². The van der Waals surface area contributed by atoms with Gasteiger partial charge in [-0.2, -0.15) is 0 Å². The lowest BCUT2D eigenvalue weighted by atomic mass is 9.85. The van der Waals surface area contributed by atoms with Gasteiger partial charge in [0, 0.05) is 36.1 Å². The number of benzene rings is 1. The van der Waals surface area contributed by atoms with Crippen molar-refractivity contribution in [2.45, 2.75) is 64.6 Å². The fourth-order valence-corrected chi connectivity index (χ4v) is 3.70. The lowest BCUT2D eigenvalue weighted by molar-refractivity contribution is -0.126. The van der Waals surface area contributed by atoms with Crippen molar-refractivity contribution in [2.24, 2.45) is 11.7 Å². The molecule has 0 saturated heterocycles. The topological polar surface area (TPSA) is 73.6 Å². The van der Waals surface area contributed by atoms with E-state index in [1.807, 2.05) is 13.0 Å². The molecule has 1 aliphatic carbocycles. The van der Waals surface area contributed by atoms with E-state index in [-0.39, 0.29) is 36.4 Å². The van der Waals surface area contributed by atoms with Gasteiger partial charge in [-0.3, -0.25) is 4.79 Å². The fraction of sp³-hybridized carbons (Fsp3) is 0.632. The minimum Gasteiger partial charge on any atom is -0.494 e. The Morgan fingerprint density at radius 1 is 1.40 bits per heavy atom. The van der Waals surface area contributed by atoms with Gasteiger partial charge in [0.25, 0.3) is 0 Å². The van der Waals surface area contributed by atoms with E-state index in [9.17, 15) is 4.79 Å². The second-order valence-corrected chi connectivity index (χ2v) is 6.97. The maximum absolute atomic E-state index is 12.4. The Balaban J connectivity index is 0.00000225. The lowest BCUT2D eigenvalue weighted by Crippen LogP contribution is -2.37. The summed E-state index contributed by atoms with van der Waals surface area (Å²) in [6.45, 7) is 5.10. The molecule has 0 bridgehead atoms. The first kappa shape index (κ1) is 19.9. The van der Waals surface area contributed by atoms with Crippen LogP contribution in [0.4, 0.5) is 0 Å². The molecule has 25 heavy (non-hydrogen) atoms. The van der Waals surface area contributed by atoms with Gasteiger partial charge in [-0.05, 0) is 45.2 Å². The van der Waals surface area contributed by atoms with Crippen LogP contribution in [-0.4, -0.2) is 24.7 Å². The quantitative estimate of drug-likeness (QED) is 0.838. The second-order valence-electron chi connectivity index (χ2n) is 6.97. The number of fused-ring (bicyclic) bond motifs is 1. The molecule has 1 heterocycles. The number of nitrogens with one attached hydrogen (secondary N) is 1. The van der Waals surface area contributed by atoms with E-state index in [0.717, 1.165) is 49.2 Å². The summed E-state index contributed by atoms with van der Waals surface area (Å²) in [5, 5.41) is 3.06. The molecule has 0 spiro atoms.